The molecular weight excluding hydrogens is 470 g/mol. The Bertz CT molecular complexity index is 1390. The van der Waals surface area contributed by atoms with Crippen molar-refractivity contribution in [2.24, 2.45) is 0 Å². The van der Waals surface area contributed by atoms with Crippen molar-refractivity contribution in [3.05, 3.63) is 88.5 Å². The van der Waals surface area contributed by atoms with Crippen LogP contribution in [0.4, 0.5) is 5.95 Å². The van der Waals surface area contributed by atoms with Gasteiger partial charge in [-0.2, -0.15) is 0 Å². The summed E-state index contributed by atoms with van der Waals surface area (Å²) < 4.78 is 0. The second-order valence-corrected chi connectivity index (χ2v) is 7.78. The van der Waals surface area contributed by atoms with Gasteiger partial charge in [-0.25, -0.2) is 14.8 Å². The first-order valence-electron chi connectivity index (χ1n) is 10.6. The van der Waals surface area contributed by atoms with Gasteiger partial charge in [0.25, 0.3) is 0 Å². The maximum absolute atomic E-state index is 12.8. The number of carbonyl (C=O) groups excluding carboxylic acids is 1. The molecule has 3 aromatic carbocycles. The van der Waals surface area contributed by atoms with Gasteiger partial charge in [-0.1, -0.05) is 30.3 Å². The lowest BCUT2D eigenvalue weighted by molar-refractivity contribution is 0.0696. The van der Waals surface area contributed by atoms with E-state index in [0.29, 0.717) is 39.2 Å². The van der Waals surface area contributed by atoms with Gasteiger partial charge < -0.3 is 20.6 Å². The first-order chi connectivity index (χ1) is 16.4. The number of aromatic carboxylic acids is 1. The van der Waals surface area contributed by atoms with Gasteiger partial charge in [-0.15, -0.1) is 12.4 Å². The van der Waals surface area contributed by atoms with Crippen molar-refractivity contribution in [1.29, 1.82) is 0 Å². The Labute approximate surface area is 207 Å². The quantitative estimate of drug-likeness (QED) is 0.272. The number of Topliss-reactive ketones (excluding diaryl/α,β-unsaturated/α-hetero) is 1. The fourth-order valence-corrected chi connectivity index (χ4v) is 3.80. The lowest BCUT2D eigenvalue weighted by Crippen LogP contribution is -2.05. The molecule has 4 N–H and O–H groups in total. The summed E-state index contributed by atoms with van der Waals surface area (Å²) in [5, 5.41) is 32.1. The highest BCUT2D eigenvalue weighted by atomic mass is 35.5. The predicted molar refractivity (Wildman–Crippen MR) is 135 cm³/mol. The fraction of sp³-hybridized carbons (Fsp3) is 0.154. The number of ketones is 1. The summed E-state index contributed by atoms with van der Waals surface area (Å²) in [6.45, 7) is -0.445. The van der Waals surface area contributed by atoms with E-state index >= 15 is 0 Å². The van der Waals surface area contributed by atoms with Crippen LogP contribution in [0.3, 0.4) is 0 Å². The van der Waals surface area contributed by atoms with Crippen LogP contribution in [-0.4, -0.2) is 44.1 Å². The number of carboxylic acids is 1. The monoisotopic (exact) mass is 493 g/mol. The van der Waals surface area contributed by atoms with E-state index in [9.17, 15) is 19.8 Å². The third-order valence-corrected chi connectivity index (χ3v) is 5.60. The standard InChI is InChI=1S/C26H23N3O5.ClH/c1-27-26-28-22-12-20(14-31)19(13-30)11-21(22)24(29-26)18-4-2-3-15(9-18)10-23(32)16-5-7-17(8-6-16)25(33)34;/h2-9,11-12,30-31H,10,13-14H2,1H3,(H,33,34)(H,27,28,29);1H. The Morgan fingerprint density at radius 2 is 1.54 bits per heavy atom. The van der Waals surface area contributed by atoms with E-state index in [1.165, 1.54) is 24.3 Å². The summed E-state index contributed by atoms with van der Waals surface area (Å²) in [6, 6.07) is 16.8. The SMILES string of the molecule is CNc1nc(-c2cccc(CC(=O)c3ccc(C(=O)O)cc3)c2)c2cc(CO)c(CO)cc2n1.Cl. The van der Waals surface area contributed by atoms with Crippen LogP contribution in [0, 0.1) is 0 Å². The number of nitrogens with one attached hydrogen (secondary N) is 1. The number of carbonyl (C=O) groups is 2. The topological polar surface area (TPSA) is 133 Å². The van der Waals surface area contributed by atoms with Crippen molar-refractivity contribution in [1.82, 2.24) is 9.97 Å². The number of carboxylic acid groups (broad SMARTS) is 1. The van der Waals surface area contributed by atoms with Crippen molar-refractivity contribution < 1.29 is 24.9 Å². The molecule has 9 heteroatoms. The number of hydrogen-bond acceptors (Lipinski definition) is 7. The van der Waals surface area contributed by atoms with Crippen LogP contribution in [-0.2, 0) is 19.6 Å². The minimum Gasteiger partial charge on any atom is -0.478 e. The molecule has 35 heavy (non-hydrogen) atoms. The maximum Gasteiger partial charge on any atom is 0.335 e. The van der Waals surface area contributed by atoms with E-state index < -0.39 is 5.97 Å². The van der Waals surface area contributed by atoms with Gasteiger partial charge in [-0.3, -0.25) is 4.79 Å². The minimum atomic E-state index is -1.04. The number of nitrogens with zero attached hydrogens (tertiary/aromatic N) is 2. The Hall–Kier alpha value is -3.85. The number of halogens is 1. The highest BCUT2D eigenvalue weighted by Crippen LogP contribution is 2.30. The van der Waals surface area contributed by atoms with E-state index in [2.05, 4.69) is 15.3 Å². The normalized spacial score (nSPS) is 10.6. The molecule has 0 saturated carbocycles. The van der Waals surface area contributed by atoms with Gasteiger partial charge >= 0.3 is 5.97 Å². The van der Waals surface area contributed by atoms with Crippen molar-refractivity contribution in [3.63, 3.8) is 0 Å². The molecule has 0 radical (unpaired) electrons. The zero-order valence-corrected chi connectivity index (χ0v) is 19.7. The summed E-state index contributed by atoms with van der Waals surface area (Å²) >= 11 is 0. The van der Waals surface area contributed by atoms with Crippen molar-refractivity contribution in [3.8, 4) is 11.3 Å². The third kappa shape index (κ3) is 5.46. The third-order valence-electron chi connectivity index (χ3n) is 5.60. The van der Waals surface area contributed by atoms with Gasteiger partial charge in [0.2, 0.25) is 5.95 Å². The molecule has 0 aliphatic heterocycles. The number of anilines is 1. The average Bonchev–Trinajstić information content (AvgIpc) is 2.87. The molecule has 180 valence electrons. The Morgan fingerprint density at radius 3 is 2.17 bits per heavy atom. The van der Waals surface area contributed by atoms with E-state index in [4.69, 9.17) is 5.11 Å². The number of rotatable bonds is 8. The number of aliphatic hydroxyl groups is 2. The van der Waals surface area contributed by atoms with Gasteiger partial charge in [0.15, 0.2) is 5.78 Å². The number of aliphatic hydroxyl groups excluding tert-OH is 2. The van der Waals surface area contributed by atoms with Gasteiger partial charge in [0.1, 0.15) is 0 Å². The average molecular weight is 494 g/mol. The minimum absolute atomic E-state index is 0. The van der Waals surface area contributed by atoms with Crippen LogP contribution in [0.1, 0.15) is 37.4 Å². The van der Waals surface area contributed by atoms with Crippen LogP contribution in [0.25, 0.3) is 22.2 Å². The van der Waals surface area contributed by atoms with Gasteiger partial charge in [-0.05, 0) is 47.0 Å². The Balaban J connectivity index is 0.00000342. The molecule has 8 nitrogen and oxygen atoms in total. The lowest BCUT2D eigenvalue weighted by atomic mass is 9.97. The smallest absolute Gasteiger partial charge is 0.335 e. The lowest BCUT2D eigenvalue weighted by Gasteiger charge is -2.13. The van der Waals surface area contributed by atoms with Crippen LogP contribution >= 0.6 is 12.4 Å². The van der Waals surface area contributed by atoms with Crippen LogP contribution < -0.4 is 5.32 Å². The molecule has 1 heterocycles. The molecule has 0 bridgehead atoms. The van der Waals surface area contributed by atoms with Gasteiger partial charge in [0, 0.05) is 30.0 Å². The zero-order valence-electron chi connectivity index (χ0n) is 18.9. The highest BCUT2D eigenvalue weighted by Gasteiger charge is 2.15. The van der Waals surface area contributed by atoms with Crippen molar-refractivity contribution >= 4 is 41.0 Å². The number of hydrogen-bond donors (Lipinski definition) is 4. The van der Waals surface area contributed by atoms with E-state index in [-0.39, 0.29) is 43.4 Å². The molecule has 0 unspecified atom stereocenters. The van der Waals surface area contributed by atoms with Crippen molar-refractivity contribution in [2.75, 3.05) is 12.4 Å². The highest BCUT2D eigenvalue weighted by molar-refractivity contribution is 5.99. The number of aromatic nitrogens is 2. The molecule has 4 rings (SSSR count). The molecule has 0 spiro atoms. The molecule has 4 aromatic rings. The van der Waals surface area contributed by atoms with Crippen molar-refractivity contribution in [2.45, 2.75) is 19.6 Å². The molecule has 0 fully saturated rings. The summed E-state index contributed by atoms with van der Waals surface area (Å²) in [4.78, 5) is 32.9. The van der Waals surface area contributed by atoms with Crippen LogP contribution in [0.15, 0.2) is 60.7 Å². The second kappa shape index (κ2) is 11.1. The van der Waals surface area contributed by atoms with Gasteiger partial charge in [0.05, 0.1) is 30.0 Å². The molecule has 0 saturated heterocycles. The number of benzene rings is 3. The Morgan fingerprint density at radius 1 is 0.886 bits per heavy atom. The first kappa shape index (κ1) is 25.8. The molecule has 0 aliphatic rings. The molecular formula is C26H24ClN3O5. The largest absolute Gasteiger partial charge is 0.478 e. The maximum atomic E-state index is 12.8. The molecule has 0 amide bonds. The summed E-state index contributed by atoms with van der Waals surface area (Å²) in [7, 11) is 1.71. The van der Waals surface area contributed by atoms with E-state index in [1.807, 2.05) is 24.3 Å². The first-order valence-corrected chi connectivity index (χ1v) is 10.6. The Kier molecular flexibility index (Phi) is 8.14. The summed E-state index contributed by atoms with van der Waals surface area (Å²) in [5.74, 6) is -0.768. The van der Waals surface area contributed by atoms with Crippen LogP contribution in [0.2, 0.25) is 0 Å². The van der Waals surface area contributed by atoms with Crippen LogP contribution in [0.5, 0.6) is 0 Å². The summed E-state index contributed by atoms with van der Waals surface area (Å²) in [5.41, 5.74) is 4.55. The fourth-order valence-electron chi connectivity index (χ4n) is 3.80. The number of fused-ring (bicyclic) bond motifs is 1. The second-order valence-electron chi connectivity index (χ2n) is 7.78. The molecule has 0 aliphatic carbocycles. The zero-order chi connectivity index (χ0) is 24.2. The predicted octanol–water partition coefficient (Wildman–Crippen LogP) is 3.87. The van der Waals surface area contributed by atoms with E-state index in [1.54, 1.807) is 19.2 Å². The van der Waals surface area contributed by atoms with E-state index in [0.717, 1.165) is 11.1 Å². The molecule has 1 aromatic heterocycles. The molecule has 0 atom stereocenters. The summed E-state index contributed by atoms with van der Waals surface area (Å²) in [6.07, 6.45) is 0.138.